The lowest BCUT2D eigenvalue weighted by Crippen LogP contribution is -2.16. The average molecular weight is 326 g/mol. The van der Waals surface area contributed by atoms with Crippen molar-refractivity contribution in [3.8, 4) is 5.75 Å². The third kappa shape index (κ3) is 4.69. The Balaban J connectivity index is 2.06. The van der Waals surface area contributed by atoms with Gasteiger partial charge >= 0.3 is 11.9 Å². The average Bonchev–Trinajstić information content (AvgIpc) is 2.54. The standard InChI is InChI=1S/C20H22O4/c1-13(2)11-15-7-9-16(10-8-15)14(3)20(23)24-18-6-4-5-17(12-18)19(21)22/h4-10,12-14H,11H2,1-3H3,(H,21,22). The first-order chi connectivity index (χ1) is 11.4. The molecule has 0 heterocycles. The lowest BCUT2D eigenvalue weighted by molar-refractivity contribution is -0.135. The molecule has 2 aromatic carbocycles. The molecule has 0 aromatic heterocycles. The second-order valence-electron chi connectivity index (χ2n) is 6.32. The van der Waals surface area contributed by atoms with Crippen molar-refractivity contribution >= 4 is 11.9 Å². The molecule has 4 heteroatoms. The van der Waals surface area contributed by atoms with Crippen molar-refractivity contribution < 1.29 is 19.4 Å². The zero-order valence-corrected chi connectivity index (χ0v) is 14.2. The molecule has 126 valence electrons. The smallest absolute Gasteiger partial charge is 0.335 e. The van der Waals surface area contributed by atoms with Crippen LogP contribution >= 0.6 is 0 Å². The largest absolute Gasteiger partial charge is 0.478 e. The summed E-state index contributed by atoms with van der Waals surface area (Å²) in [5, 5.41) is 8.98. The van der Waals surface area contributed by atoms with Gasteiger partial charge < -0.3 is 9.84 Å². The first-order valence-corrected chi connectivity index (χ1v) is 8.00. The minimum atomic E-state index is -1.05. The van der Waals surface area contributed by atoms with Crippen LogP contribution in [-0.2, 0) is 11.2 Å². The SMILES string of the molecule is CC(C)Cc1ccc(C(C)C(=O)Oc2cccc(C(=O)O)c2)cc1. The number of carboxylic acid groups (broad SMARTS) is 1. The summed E-state index contributed by atoms with van der Waals surface area (Å²) in [5.74, 6) is -1.06. The number of hydrogen-bond donors (Lipinski definition) is 1. The van der Waals surface area contributed by atoms with Crippen LogP contribution in [0.3, 0.4) is 0 Å². The van der Waals surface area contributed by atoms with Crippen molar-refractivity contribution in [3.05, 3.63) is 65.2 Å². The number of esters is 1. The molecule has 4 nitrogen and oxygen atoms in total. The number of ether oxygens (including phenoxy) is 1. The van der Waals surface area contributed by atoms with Crippen LogP contribution in [-0.4, -0.2) is 17.0 Å². The number of carbonyl (C=O) groups is 2. The maximum atomic E-state index is 12.3. The molecule has 2 aromatic rings. The minimum absolute atomic E-state index is 0.0889. The second-order valence-corrected chi connectivity index (χ2v) is 6.32. The molecule has 1 unspecified atom stereocenters. The zero-order chi connectivity index (χ0) is 17.7. The van der Waals surface area contributed by atoms with Gasteiger partial charge in [0.25, 0.3) is 0 Å². The van der Waals surface area contributed by atoms with Crippen LogP contribution < -0.4 is 4.74 Å². The third-order valence-electron chi connectivity index (χ3n) is 3.78. The third-order valence-corrected chi connectivity index (χ3v) is 3.78. The number of carboxylic acids is 1. The topological polar surface area (TPSA) is 63.6 Å². The molecule has 0 bridgehead atoms. The Hall–Kier alpha value is -2.62. The van der Waals surface area contributed by atoms with Crippen molar-refractivity contribution in [2.24, 2.45) is 5.92 Å². The van der Waals surface area contributed by atoms with Gasteiger partial charge in [-0.3, -0.25) is 4.79 Å². The van der Waals surface area contributed by atoms with E-state index in [1.807, 2.05) is 24.3 Å². The number of hydrogen-bond acceptors (Lipinski definition) is 3. The molecule has 0 radical (unpaired) electrons. The van der Waals surface area contributed by atoms with E-state index in [9.17, 15) is 9.59 Å². The van der Waals surface area contributed by atoms with Crippen molar-refractivity contribution in [1.29, 1.82) is 0 Å². The highest BCUT2D eigenvalue weighted by Gasteiger charge is 2.18. The van der Waals surface area contributed by atoms with E-state index < -0.39 is 17.9 Å². The van der Waals surface area contributed by atoms with Gasteiger partial charge in [0, 0.05) is 0 Å². The lowest BCUT2D eigenvalue weighted by Gasteiger charge is -2.13. The fourth-order valence-electron chi connectivity index (χ4n) is 2.45. The molecular weight excluding hydrogens is 304 g/mol. The van der Waals surface area contributed by atoms with E-state index in [1.165, 1.54) is 17.7 Å². The van der Waals surface area contributed by atoms with Gasteiger partial charge in [-0.2, -0.15) is 0 Å². The van der Waals surface area contributed by atoms with E-state index >= 15 is 0 Å². The van der Waals surface area contributed by atoms with Crippen molar-refractivity contribution in [2.45, 2.75) is 33.1 Å². The Kier molecular flexibility index (Phi) is 5.74. The van der Waals surface area contributed by atoms with Crippen molar-refractivity contribution in [1.82, 2.24) is 0 Å². The summed E-state index contributed by atoms with van der Waals surface area (Å²) in [6, 6.07) is 13.9. The second kappa shape index (κ2) is 7.77. The fraction of sp³-hybridized carbons (Fsp3) is 0.300. The molecule has 0 amide bonds. The minimum Gasteiger partial charge on any atom is -0.478 e. The monoisotopic (exact) mass is 326 g/mol. The van der Waals surface area contributed by atoms with Gasteiger partial charge in [0.1, 0.15) is 5.75 Å². The number of aromatic carboxylic acids is 1. The molecule has 0 saturated carbocycles. The number of rotatable bonds is 6. The summed E-state index contributed by atoms with van der Waals surface area (Å²) in [6.45, 7) is 6.11. The van der Waals surface area contributed by atoms with Gasteiger partial charge in [-0.05, 0) is 48.6 Å². The summed E-state index contributed by atoms with van der Waals surface area (Å²) >= 11 is 0. The zero-order valence-electron chi connectivity index (χ0n) is 14.2. The predicted octanol–water partition coefficient (Wildman–Crippen LogP) is 4.29. The molecule has 0 saturated heterocycles. The van der Waals surface area contributed by atoms with Crippen LogP contribution in [0.2, 0.25) is 0 Å². The molecule has 0 fully saturated rings. The highest BCUT2D eigenvalue weighted by Crippen LogP contribution is 2.21. The first-order valence-electron chi connectivity index (χ1n) is 8.00. The maximum absolute atomic E-state index is 12.3. The van der Waals surface area contributed by atoms with Crippen LogP contribution in [0, 0.1) is 5.92 Å². The van der Waals surface area contributed by atoms with E-state index in [0.717, 1.165) is 12.0 Å². The highest BCUT2D eigenvalue weighted by molar-refractivity contribution is 5.88. The molecule has 0 aliphatic carbocycles. The molecule has 1 N–H and O–H groups in total. The van der Waals surface area contributed by atoms with Gasteiger partial charge in [0.05, 0.1) is 11.5 Å². The Morgan fingerprint density at radius 2 is 1.71 bits per heavy atom. The van der Waals surface area contributed by atoms with E-state index in [2.05, 4.69) is 13.8 Å². The summed E-state index contributed by atoms with van der Waals surface area (Å²) in [4.78, 5) is 23.2. The Morgan fingerprint density at radius 3 is 2.29 bits per heavy atom. The van der Waals surface area contributed by atoms with Gasteiger partial charge in [-0.15, -0.1) is 0 Å². The number of benzene rings is 2. The lowest BCUT2D eigenvalue weighted by atomic mass is 9.97. The van der Waals surface area contributed by atoms with E-state index in [4.69, 9.17) is 9.84 Å². The van der Waals surface area contributed by atoms with Crippen molar-refractivity contribution in [3.63, 3.8) is 0 Å². The van der Waals surface area contributed by atoms with Crippen LogP contribution in [0.25, 0.3) is 0 Å². The van der Waals surface area contributed by atoms with Crippen molar-refractivity contribution in [2.75, 3.05) is 0 Å². The normalized spacial score (nSPS) is 12.0. The maximum Gasteiger partial charge on any atom is 0.335 e. The van der Waals surface area contributed by atoms with Crippen LogP contribution in [0.1, 0.15) is 48.2 Å². The van der Waals surface area contributed by atoms with E-state index in [-0.39, 0.29) is 11.3 Å². The Labute approximate surface area is 142 Å². The molecule has 0 aliphatic heterocycles. The van der Waals surface area contributed by atoms with E-state index in [0.29, 0.717) is 5.92 Å². The summed E-state index contributed by atoms with van der Waals surface area (Å²) in [6.07, 6.45) is 1.00. The Morgan fingerprint density at radius 1 is 1.04 bits per heavy atom. The quantitative estimate of drug-likeness (QED) is 0.635. The molecule has 0 aliphatic rings. The highest BCUT2D eigenvalue weighted by atomic mass is 16.5. The molecular formula is C20H22O4. The van der Waals surface area contributed by atoms with Gasteiger partial charge in [0.2, 0.25) is 0 Å². The molecule has 1 atom stereocenters. The predicted molar refractivity (Wildman–Crippen MR) is 92.4 cm³/mol. The summed E-state index contributed by atoms with van der Waals surface area (Å²) in [7, 11) is 0. The van der Waals surface area contributed by atoms with Crippen LogP contribution in [0.5, 0.6) is 5.75 Å². The fourth-order valence-corrected chi connectivity index (χ4v) is 2.45. The van der Waals surface area contributed by atoms with Gasteiger partial charge in [-0.25, -0.2) is 4.79 Å². The first kappa shape index (κ1) is 17.7. The summed E-state index contributed by atoms with van der Waals surface area (Å²) in [5.41, 5.74) is 2.20. The van der Waals surface area contributed by atoms with Gasteiger partial charge in [-0.1, -0.05) is 44.2 Å². The van der Waals surface area contributed by atoms with Crippen LogP contribution in [0.15, 0.2) is 48.5 Å². The van der Waals surface area contributed by atoms with Gasteiger partial charge in [0.15, 0.2) is 0 Å². The molecule has 2 rings (SSSR count). The number of carbonyl (C=O) groups excluding carboxylic acids is 1. The molecule has 0 spiro atoms. The summed E-state index contributed by atoms with van der Waals surface area (Å²) < 4.78 is 5.31. The molecule has 24 heavy (non-hydrogen) atoms. The van der Waals surface area contributed by atoms with Crippen LogP contribution in [0.4, 0.5) is 0 Å². The van der Waals surface area contributed by atoms with E-state index in [1.54, 1.807) is 19.1 Å². The Bertz CT molecular complexity index is 717.